The van der Waals surface area contributed by atoms with Gasteiger partial charge < -0.3 is 4.74 Å². The molecule has 0 saturated carbocycles. The molecule has 2 heterocycles. The van der Waals surface area contributed by atoms with Crippen LogP contribution in [0.1, 0.15) is 20.9 Å². The number of methoxy groups -OCH3 is 1. The van der Waals surface area contributed by atoms with Crippen molar-refractivity contribution in [3.05, 3.63) is 22.5 Å². The summed E-state index contributed by atoms with van der Waals surface area (Å²) in [6.07, 6.45) is 1.51. The molecule has 0 aliphatic carbocycles. The highest BCUT2D eigenvalue weighted by Crippen LogP contribution is 2.30. The molecule has 15 heavy (non-hydrogen) atoms. The first-order valence-corrected chi connectivity index (χ1v) is 5.25. The van der Waals surface area contributed by atoms with Gasteiger partial charge in [0, 0.05) is 11.1 Å². The monoisotopic (exact) mass is 222 g/mol. The Kier molecular flexibility index (Phi) is 2.40. The Morgan fingerprint density at radius 3 is 2.73 bits per heavy atom. The molecular weight excluding hydrogens is 212 g/mol. The molecule has 2 aromatic heterocycles. The number of aromatic nitrogens is 2. The van der Waals surface area contributed by atoms with E-state index >= 15 is 0 Å². The minimum Gasteiger partial charge on any atom is -0.465 e. The highest BCUT2D eigenvalue weighted by molar-refractivity contribution is 7.20. The average molecular weight is 222 g/mol. The van der Waals surface area contributed by atoms with Gasteiger partial charge in [0.2, 0.25) is 0 Å². The largest absolute Gasteiger partial charge is 0.465 e. The summed E-state index contributed by atoms with van der Waals surface area (Å²) in [6, 6.07) is 0. The number of hydrogen-bond acceptors (Lipinski definition) is 5. The standard InChI is InChI=1S/C10H10N2O2S/c1-5-7-6(2)11-4-12-9(7)15-8(5)10(13)14-3/h4H,1-3H3. The second-order valence-corrected chi connectivity index (χ2v) is 4.19. The molecule has 0 atom stereocenters. The zero-order valence-corrected chi connectivity index (χ0v) is 9.51. The van der Waals surface area contributed by atoms with Crippen LogP contribution in [0.15, 0.2) is 6.33 Å². The van der Waals surface area contributed by atoms with E-state index in [0.717, 1.165) is 21.5 Å². The van der Waals surface area contributed by atoms with Gasteiger partial charge in [0.05, 0.1) is 7.11 Å². The fraction of sp³-hybridized carbons (Fsp3) is 0.300. The molecule has 4 nitrogen and oxygen atoms in total. The summed E-state index contributed by atoms with van der Waals surface area (Å²) in [4.78, 5) is 21.1. The van der Waals surface area contributed by atoms with Crippen LogP contribution in [0, 0.1) is 13.8 Å². The molecule has 5 heteroatoms. The lowest BCUT2D eigenvalue weighted by atomic mass is 10.2. The van der Waals surface area contributed by atoms with Crippen LogP contribution < -0.4 is 0 Å². The van der Waals surface area contributed by atoms with Crippen LogP contribution in [0.5, 0.6) is 0 Å². The summed E-state index contributed by atoms with van der Waals surface area (Å²) in [5, 5.41) is 0.961. The number of fused-ring (bicyclic) bond motifs is 1. The van der Waals surface area contributed by atoms with Gasteiger partial charge in [-0.1, -0.05) is 0 Å². The van der Waals surface area contributed by atoms with Gasteiger partial charge in [0.15, 0.2) is 0 Å². The Hall–Kier alpha value is -1.49. The van der Waals surface area contributed by atoms with E-state index in [9.17, 15) is 4.79 Å². The van der Waals surface area contributed by atoms with Crippen molar-refractivity contribution in [1.82, 2.24) is 9.97 Å². The summed E-state index contributed by atoms with van der Waals surface area (Å²) >= 11 is 1.35. The van der Waals surface area contributed by atoms with Gasteiger partial charge >= 0.3 is 5.97 Å². The van der Waals surface area contributed by atoms with Gasteiger partial charge in [-0.3, -0.25) is 0 Å². The summed E-state index contributed by atoms with van der Waals surface area (Å²) < 4.78 is 4.71. The summed E-state index contributed by atoms with van der Waals surface area (Å²) in [5.41, 5.74) is 1.80. The maximum atomic E-state index is 11.5. The Morgan fingerprint density at radius 1 is 1.40 bits per heavy atom. The third kappa shape index (κ3) is 1.48. The lowest BCUT2D eigenvalue weighted by molar-refractivity contribution is 0.0605. The average Bonchev–Trinajstić information content (AvgIpc) is 2.56. The summed E-state index contributed by atoms with van der Waals surface area (Å²) in [7, 11) is 1.38. The normalized spacial score (nSPS) is 10.6. The number of carbonyl (C=O) groups is 1. The smallest absolute Gasteiger partial charge is 0.348 e. The quantitative estimate of drug-likeness (QED) is 0.693. The van der Waals surface area contributed by atoms with E-state index in [2.05, 4.69) is 9.97 Å². The second kappa shape index (κ2) is 3.58. The van der Waals surface area contributed by atoms with E-state index in [0.29, 0.717) is 4.88 Å². The predicted octanol–water partition coefficient (Wildman–Crippen LogP) is 2.09. The van der Waals surface area contributed by atoms with E-state index in [4.69, 9.17) is 4.74 Å². The second-order valence-electron chi connectivity index (χ2n) is 3.19. The zero-order valence-electron chi connectivity index (χ0n) is 8.70. The van der Waals surface area contributed by atoms with Gasteiger partial charge in [-0.25, -0.2) is 14.8 Å². The topological polar surface area (TPSA) is 52.1 Å². The predicted molar refractivity (Wildman–Crippen MR) is 58.2 cm³/mol. The number of esters is 1. The zero-order chi connectivity index (χ0) is 11.0. The molecule has 0 unspecified atom stereocenters. The van der Waals surface area contributed by atoms with Crippen LogP contribution in [0.25, 0.3) is 10.2 Å². The molecule has 0 bridgehead atoms. The molecule has 2 aromatic rings. The molecule has 0 amide bonds. The number of carbonyl (C=O) groups excluding carboxylic acids is 1. The van der Waals surface area contributed by atoms with Crippen LogP contribution in [-0.4, -0.2) is 23.0 Å². The fourth-order valence-corrected chi connectivity index (χ4v) is 2.65. The first kappa shape index (κ1) is 10.0. The van der Waals surface area contributed by atoms with Gasteiger partial charge in [0.25, 0.3) is 0 Å². The van der Waals surface area contributed by atoms with Gasteiger partial charge in [-0.2, -0.15) is 0 Å². The Bertz CT molecular complexity index is 533. The Labute approximate surface area is 90.9 Å². The van der Waals surface area contributed by atoms with Crippen molar-refractivity contribution in [2.75, 3.05) is 7.11 Å². The van der Waals surface area contributed by atoms with Gasteiger partial charge in [-0.05, 0) is 19.4 Å². The minimum absolute atomic E-state index is 0.310. The number of thiophene rings is 1. The highest BCUT2D eigenvalue weighted by Gasteiger charge is 2.17. The maximum absolute atomic E-state index is 11.5. The third-order valence-corrected chi connectivity index (χ3v) is 3.47. The first-order valence-electron chi connectivity index (χ1n) is 4.44. The summed E-state index contributed by atoms with van der Waals surface area (Å²) in [6.45, 7) is 3.80. The maximum Gasteiger partial charge on any atom is 0.348 e. The summed E-state index contributed by atoms with van der Waals surface area (Å²) in [5.74, 6) is -0.310. The number of aryl methyl sites for hydroxylation is 2. The first-order chi connectivity index (χ1) is 7.15. The number of nitrogens with zero attached hydrogens (tertiary/aromatic N) is 2. The molecule has 0 N–H and O–H groups in total. The lowest BCUT2D eigenvalue weighted by Gasteiger charge is -1.97. The van der Waals surface area contributed by atoms with Crippen LogP contribution in [0.2, 0.25) is 0 Å². The van der Waals surface area contributed by atoms with E-state index in [1.807, 2.05) is 13.8 Å². The number of hydrogen-bond donors (Lipinski definition) is 0. The fourth-order valence-electron chi connectivity index (χ4n) is 1.54. The van der Waals surface area contributed by atoms with Crippen LogP contribution >= 0.6 is 11.3 Å². The number of ether oxygens (including phenoxy) is 1. The van der Waals surface area contributed by atoms with E-state index < -0.39 is 0 Å². The molecule has 78 valence electrons. The van der Waals surface area contributed by atoms with Crippen molar-refractivity contribution in [1.29, 1.82) is 0 Å². The van der Waals surface area contributed by atoms with E-state index in [1.165, 1.54) is 24.8 Å². The van der Waals surface area contributed by atoms with Crippen molar-refractivity contribution in [3.8, 4) is 0 Å². The van der Waals surface area contributed by atoms with Crippen molar-refractivity contribution < 1.29 is 9.53 Å². The lowest BCUT2D eigenvalue weighted by Crippen LogP contribution is -1.99. The molecule has 0 aromatic carbocycles. The van der Waals surface area contributed by atoms with Crippen molar-refractivity contribution in [2.45, 2.75) is 13.8 Å². The Balaban J connectivity index is 2.75. The molecule has 0 saturated heterocycles. The van der Waals surface area contributed by atoms with E-state index in [1.54, 1.807) is 0 Å². The molecular formula is C10H10N2O2S. The van der Waals surface area contributed by atoms with Gasteiger partial charge in [-0.15, -0.1) is 11.3 Å². The SMILES string of the molecule is COC(=O)c1sc2ncnc(C)c2c1C. The van der Waals surface area contributed by atoms with Crippen LogP contribution in [0.4, 0.5) is 0 Å². The molecule has 2 rings (SSSR count). The van der Waals surface area contributed by atoms with Crippen LogP contribution in [-0.2, 0) is 4.74 Å². The van der Waals surface area contributed by atoms with E-state index in [-0.39, 0.29) is 5.97 Å². The highest BCUT2D eigenvalue weighted by atomic mass is 32.1. The molecule has 0 aliphatic heterocycles. The molecule has 0 spiro atoms. The molecule has 0 aliphatic rings. The Morgan fingerprint density at radius 2 is 2.13 bits per heavy atom. The molecule has 0 radical (unpaired) electrons. The third-order valence-electron chi connectivity index (χ3n) is 2.29. The molecule has 0 fully saturated rings. The van der Waals surface area contributed by atoms with Crippen molar-refractivity contribution >= 4 is 27.5 Å². The van der Waals surface area contributed by atoms with Crippen LogP contribution in [0.3, 0.4) is 0 Å². The van der Waals surface area contributed by atoms with Crippen molar-refractivity contribution in [2.24, 2.45) is 0 Å². The number of rotatable bonds is 1. The van der Waals surface area contributed by atoms with Gasteiger partial charge in [0.1, 0.15) is 16.0 Å². The minimum atomic E-state index is -0.310. The van der Waals surface area contributed by atoms with Crippen molar-refractivity contribution in [3.63, 3.8) is 0 Å².